The fourth-order valence-corrected chi connectivity index (χ4v) is 4.37. The van der Waals surface area contributed by atoms with E-state index in [4.69, 9.17) is 5.73 Å². The SMILES string of the molecule is CC1CCC(CN)C(Sc2nncs2)C1. The minimum atomic E-state index is 0.645. The number of rotatable bonds is 3. The van der Waals surface area contributed by atoms with Crippen LogP contribution in [-0.2, 0) is 0 Å². The molecule has 0 spiro atoms. The molecule has 0 aromatic carbocycles. The maximum absolute atomic E-state index is 5.82. The Bertz CT molecular complexity index is 289. The first kappa shape index (κ1) is 11.4. The second-order valence-electron chi connectivity index (χ2n) is 4.27. The van der Waals surface area contributed by atoms with Crippen molar-refractivity contribution in [3.63, 3.8) is 0 Å². The molecule has 1 heterocycles. The summed E-state index contributed by atoms with van der Waals surface area (Å²) in [4.78, 5) is 0. The van der Waals surface area contributed by atoms with E-state index in [0.29, 0.717) is 11.2 Å². The Hall–Kier alpha value is -0.130. The molecule has 1 aromatic rings. The molecule has 15 heavy (non-hydrogen) atoms. The Morgan fingerprint density at radius 3 is 3.13 bits per heavy atom. The highest BCUT2D eigenvalue weighted by atomic mass is 32.2. The van der Waals surface area contributed by atoms with E-state index in [-0.39, 0.29) is 0 Å². The van der Waals surface area contributed by atoms with E-state index in [0.717, 1.165) is 16.8 Å². The van der Waals surface area contributed by atoms with Crippen LogP contribution in [0.5, 0.6) is 0 Å². The Morgan fingerprint density at radius 1 is 1.60 bits per heavy atom. The summed E-state index contributed by atoms with van der Waals surface area (Å²) in [5.41, 5.74) is 7.62. The third kappa shape index (κ3) is 2.92. The maximum atomic E-state index is 5.82. The first-order valence-corrected chi connectivity index (χ1v) is 7.18. The van der Waals surface area contributed by atoms with E-state index in [1.807, 2.05) is 11.8 Å². The number of nitrogens with zero attached hydrogens (tertiary/aromatic N) is 2. The molecule has 5 heteroatoms. The van der Waals surface area contributed by atoms with Crippen molar-refractivity contribution in [3.05, 3.63) is 5.51 Å². The fraction of sp³-hybridized carbons (Fsp3) is 0.800. The zero-order valence-corrected chi connectivity index (χ0v) is 10.6. The van der Waals surface area contributed by atoms with Gasteiger partial charge in [-0.2, -0.15) is 0 Å². The van der Waals surface area contributed by atoms with Crippen LogP contribution in [0.15, 0.2) is 9.85 Å². The molecule has 0 amide bonds. The molecule has 3 unspecified atom stereocenters. The average Bonchev–Trinajstić information content (AvgIpc) is 2.71. The van der Waals surface area contributed by atoms with E-state index in [9.17, 15) is 0 Å². The van der Waals surface area contributed by atoms with E-state index in [2.05, 4.69) is 17.1 Å². The summed E-state index contributed by atoms with van der Waals surface area (Å²) in [5, 5.41) is 8.61. The lowest BCUT2D eigenvalue weighted by atomic mass is 9.82. The molecule has 1 saturated carbocycles. The topological polar surface area (TPSA) is 51.8 Å². The maximum Gasteiger partial charge on any atom is 0.174 e. The van der Waals surface area contributed by atoms with Crippen molar-refractivity contribution in [2.24, 2.45) is 17.6 Å². The van der Waals surface area contributed by atoms with Gasteiger partial charge in [0.25, 0.3) is 0 Å². The van der Waals surface area contributed by atoms with E-state index in [1.165, 1.54) is 19.3 Å². The Kier molecular flexibility index (Phi) is 3.99. The van der Waals surface area contributed by atoms with E-state index < -0.39 is 0 Å². The van der Waals surface area contributed by atoms with Crippen LogP contribution in [0.3, 0.4) is 0 Å². The summed E-state index contributed by atoms with van der Waals surface area (Å²) in [6.07, 6.45) is 3.87. The first-order valence-electron chi connectivity index (χ1n) is 5.42. The van der Waals surface area contributed by atoms with E-state index in [1.54, 1.807) is 16.8 Å². The minimum absolute atomic E-state index is 0.645. The standard InChI is InChI=1S/C10H17N3S2/c1-7-2-3-8(5-11)9(4-7)15-10-13-12-6-14-10/h6-9H,2-5,11H2,1H3. The molecule has 1 fully saturated rings. The van der Waals surface area contributed by atoms with Crippen molar-refractivity contribution in [1.82, 2.24) is 10.2 Å². The normalized spacial score (nSPS) is 31.7. The minimum Gasteiger partial charge on any atom is -0.330 e. The number of aromatic nitrogens is 2. The van der Waals surface area contributed by atoms with Gasteiger partial charge in [-0.1, -0.05) is 36.4 Å². The van der Waals surface area contributed by atoms with Crippen LogP contribution >= 0.6 is 23.1 Å². The van der Waals surface area contributed by atoms with Crippen LogP contribution in [0.2, 0.25) is 0 Å². The predicted molar refractivity (Wildman–Crippen MR) is 65.1 cm³/mol. The van der Waals surface area contributed by atoms with Gasteiger partial charge in [0.2, 0.25) is 0 Å². The molecule has 2 N–H and O–H groups in total. The molecule has 2 rings (SSSR count). The molecule has 1 aliphatic carbocycles. The van der Waals surface area contributed by atoms with Crippen molar-refractivity contribution in [2.45, 2.75) is 35.8 Å². The van der Waals surface area contributed by atoms with Gasteiger partial charge in [0.1, 0.15) is 5.51 Å². The van der Waals surface area contributed by atoms with Crippen LogP contribution in [0.4, 0.5) is 0 Å². The Balaban J connectivity index is 1.98. The highest BCUT2D eigenvalue weighted by molar-refractivity contribution is 8.01. The summed E-state index contributed by atoms with van der Waals surface area (Å²) >= 11 is 3.50. The third-order valence-corrected chi connectivity index (χ3v) is 5.31. The number of hydrogen-bond acceptors (Lipinski definition) is 5. The van der Waals surface area contributed by atoms with E-state index >= 15 is 0 Å². The zero-order chi connectivity index (χ0) is 10.7. The van der Waals surface area contributed by atoms with Crippen LogP contribution in [0, 0.1) is 11.8 Å². The van der Waals surface area contributed by atoms with Gasteiger partial charge < -0.3 is 5.73 Å². The number of hydrogen-bond donors (Lipinski definition) is 1. The summed E-state index contributed by atoms with van der Waals surface area (Å²) in [5.74, 6) is 1.49. The van der Waals surface area contributed by atoms with Crippen LogP contribution in [0.1, 0.15) is 26.2 Å². The highest BCUT2D eigenvalue weighted by Crippen LogP contribution is 2.39. The van der Waals surface area contributed by atoms with Gasteiger partial charge in [0.15, 0.2) is 4.34 Å². The summed E-state index contributed by atoms with van der Waals surface area (Å²) in [6.45, 7) is 3.14. The monoisotopic (exact) mass is 243 g/mol. The van der Waals surface area contributed by atoms with Crippen LogP contribution < -0.4 is 5.73 Å². The molecule has 1 aliphatic rings. The summed E-state index contributed by atoms with van der Waals surface area (Å²) in [7, 11) is 0. The molecule has 84 valence electrons. The molecule has 0 bridgehead atoms. The Morgan fingerprint density at radius 2 is 2.47 bits per heavy atom. The van der Waals surface area contributed by atoms with Crippen molar-refractivity contribution in [2.75, 3.05) is 6.54 Å². The average molecular weight is 243 g/mol. The molecular formula is C10H17N3S2. The van der Waals surface area contributed by atoms with Gasteiger partial charge in [-0.05, 0) is 31.2 Å². The number of nitrogens with two attached hydrogens (primary N) is 1. The smallest absolute Gasteiger partial charge is 0.174 e. The zero-order valence-electron chi connectivity index (χ0n) is 8.93. The second-order valence-corrected chi connectivity index (χ2v) is 6.59. The molecule has 0 radical (unpaired) electrons. The fourth-order valence-electron chi connectivity index (χ4n) is 2.15. The molecular weight excluding hydrogens is 226 g/mol. The highest BCUT2D eigenvalue weighted by Gasteiger charge is 2.29. The van der Waals surface area contributed by atoms with Crippen molar-refractivity contribution in [3.8, 4) is 0 Å². The van der Waals surface area contributed by atoms with Crippen molar-refractivity contribution < 1.29 is 0 Å². The lowest BCUT2D eigenvalue weighted by molar-refractivity contribution is 0.306. The van der Waals surface area contributed by atoms with Crippen molar-refractivity contribution in [1.29, 1.82) is 0 Å². The van der Waals surface area contributed by atoms with Gasteiger partial charge in [0, 0.05) is 5.25 Å². The van der Waals surface area contributed by atoms with Gasteiger partial charge in [-0.15, -0.1) is 10.2 Å². The van der Waals surface area contributed by atoms with Gasteiger partial charge in [0.05, 0.1) is 0 Å². The van der Waals surface area contributed by atoms with Gasteiger partial charge in [-0.3, -0.25) is 0 Å². The third-order valence-electron chi connectivity index (χ3n) is 3.09. The molecule has 1 aromatic heterocycles. The molecule has 3 nitrogen and oxygen atoms in total. The lowest BCUT2D eigenvalue weighted by Gasteiger charge is -2.33. The molecule has 0 saturated heterocycles. The molecule has 3 atom stereocenters. The molecule has 0 aliphatic heterocycles. The largest absolute Gasteiger partial charge is 0.330 e. The predicted octanol–water partition coefficient (Wildman–Crippen LogP) is 2.39. The lowest BCUT2D eigenvalue weighted by Crippen LogP contribution is -2.31. The summed E-state index contributed by atoms with van der Waals surface area (Å²) < 4.78 is 1.09. The summed E-state index contributed by atoms with van der Waals surface area (Å²) in [6, 6.07) is 0. The van der Waals surface area contributed by atoms with Crippen LogP contribution in [-0.4, -0.2) is 22.0 Å². The van der Waals surface area contributed by atoms with Gasteiger partial charge >= 0.3 is 0 Å². The first-order chi connectivity index (χ1) is 7.29. The quantitative estimate of drug-likeness (QED) is 0.885. The van der Waals surface area contributed by atoms with Gasteiger partial charge in [-0.25, -0.2) is 0 Å². The second kappa shape index (κ2) is 5.27. The van der Waals surface area contributed by atoms with Crippen LogP contribution in [0.25, 0.3) is 0 Å². The Labute approximate surface area is 98.9 Å². The van der Waals surface area contributed by atoms with Crippen molar-refractivity contribution >= 4 is 23.1 Å². The number of thioether (sulfide) groups is 1.